The van der Waals surface area contributed by atoms with Gasteiger partial charge in [0.1, 0.15) is 5.75 Å². The van der Waals surface area contributed by atoms with Gasteiger partial charge in [0.2, 0.25) is 17.7 Å². The second-order valence-electron chi connectivity index (χ2n) is 5.26. The predicted octanol–water partition coefficient (Wildman–Crippen LogP) is 3.97. The van der Waals surface area contributed by atoms with Crippen molar-refractivity contribution in [3.05, 3.63) is 59.4 Å². The van der Waals surface area contributed by atoms with Gasteiger partial charge in [-0.1, -0.05) is 29.8 Å². The van der Waals surface area contributed by atoms with Crippen LogP contribution in [-0.2, 0) is 11.2 Å². The van der Waals surface area contributed by atoms with E-state index in [0.29, 0.717) is 34.7 Å². The van der Waals surface area contributed by atoms with Crippen LogP contribution < -0.4 is 10.1 Å². The number of ether oxygens (including phenoxy) is 1. The average Bonchev–Trinajstić information content (AvgIpc) is 3.10. The number of nitrogens with zero attached hydrogens (tertiary/aromatic N) is 2. The lowest BCUT2D eigenvalue weighted by Crippen LogP contribution is -2.12. The van der Waals surface area contributed by atoms with E-state index < -0.39 is 0 Å². The van der Waals surface area contributed by atoms with Crippen LogP contribution in [0.3, 0.4) is 0 Å². The monoisotopic (exact) mass is 357 g/mol. The number of halogens is 1. The number of aromatic nitrogens is 2. The average molecular weight is 358 g/mol. The van der Waals surface area contributed by atoms with Gasteiger partial charge in [-0.25, -0.2) is 0 Å². The maximum absolute atomic E-state index is 12.1. The molecule has 0 aliphatic rings. The molecule has 0 spiro atoms. The fourth-order valence-corrected chi connectivity index (χ4v) is 2.50. The molecule has 6 nitrogen and oxygen atoms in total. The van der Waals surface area contributed by atoms with Crippen LogP contribution in [-0.4, -0.2) is 23.2 Å². The molecule has 3 aromatic rings. The molecule has 2 aromatic carbocycles. The predicted molar refractivity (Wildman–Crippen MR) is 94.7 cm³/mol. The molecule has 0 saturated carbocycles. The van der Waals surface area contributed by atoms with Gasteiger partial charge >= 0.3 is 0 Å². The number of hydrogen-bond donors (Lipinski definition) is 1. The Balaban J connectivity index is 1.56. The highest BCUT2D eigenvalue weighted by molar-refractivity contribution is 6.32. The largest absolute Gasteiger partial charge is 0.495 e. The van der Waals surface area contributed by atoms with Crippen LogP contribution in [0.2, 0.25) is 5.02 Å². The molecule has 3 rings (SSSR count). The SMILES string of the molecule is COc1ccc(NC(=O)CCc2nnc(-c3ccccc3)o2)cc1Cl. The van der Waals surface area contributed by atoms with Crippen LogP contribution in [0.1, 0.15) is 12.3 Å². The quantitative estimate of drug-likeness (QED) is 0.722. The molecule has 0 atom stereocenters. The maximum atomic E-state index is 12.1. The lowest BCUT2D eigenvalue weighted by atomic mass is 10.2. The lowest BCUT2D eigenvalue weighted by Gasteiger charge is -2.07. The van der Waals surface area contributed by atoms with Crippen LogP contribution in [0.25, 0.3) is 11.5 Å². The summed E-state index contributed by atoms with van der Waals surface area (Å²) in [4.78, 5) is 12.1. The number of carbonyl (C=O) groups is 1. The lowest BCUT2D eigenvalue weighted by molar-refractivity contribution is -0.116. The molecule has 7 heteroatoms. The summed E-state index contributed by atoms with van der Waals surface area (Å²) in [5, 5.41) is 11.2. The van der Waals surface area contributed by atoms with E-state index in [2.05, 4.69) is 15.5 Å². The molecule has 1 amide bonds. The van der Waals surface area contributed by atoms with Crippen molar-refractivity contribution in [3.8, 4) is 17.2 Å². The highest BCUT2D eigenvalue weighted by Crippen LogP contribution is 2.27. The van der Waals surface area contributed by atoms with Crippen LogP contribution >= 0.6 is 11.6 Å². The van der Waals surface area contributed by atoms with Crippen molar-refractivity contribution >= 4 is 23.2 Å². The first-order valence-corrected chi connectivity index (χ1v) is 8.04. The Hall–Kier alpha value is -2.86. The minimum atomic E-state index is -0.166. The van der Waals surface area contributed by atoms with Gasteiger partial charge in [0.25, 0.3) is 0 Å². The summed E-state index contributed by atoms with van der Waals surface area (Å²) in [6, 6.07) is 14.5. The van der Waals surface area contributed by atoms with Gasteiger partial charge in [0, 0.05) is 24.1 Å². The zero-order valence-electron chi connectivity index (χ0n) is 13.5. The third kappa shape index (κ3) is 4.36. The maximum Gasteiger partial charge on any atom is 0.247 e. The summed E-state index contributed by atoms with van der Waals surface area (Å²) < 4.78 is 10.7. The van der Waals surface area contributed by atoms with Crippen molar-refractivity contribution in [3.63, 3.8) is 0 Å². The van der Waals surface area contributed by atoms with Crippen molar-refractivity contribution in [1.29, 1.82) is 0 Å². The number of carbonyl (C=O) groups excluding carboxylic acids is 1. The van der Waals surface area contributed by atoms with E-state index in [-0.39, 0.29) is 12.3 Å². The normalized spacial score (nSPS) is 10.5. The van der Waals surface area contributed by atoms with Gasteiger partial charge in [-0.05, 0) is 30.3 Å². The molecule has 1 aromatic heterocycles. The van der Waals surface area contributed by atoms with Crippen molar-refractivity contribution < 1.29 is 13.9 Å². The second-order valence-corrected chi connectivity index (χ2v) is 5.67. The van der Waals surface area contributed by atoms with Crippen LogP contribution in [0.15, 0.2) is 52.9 Å². The Bertz CT molecular complexity index is 865. The molecule has 0 bridgehead atoms. The summed E-state index contributed by atoms with van der Waals surface area (Å²) in [5.41, 5.74) is 1.45. The van der Waals surface area contributed by atoms with Gasteiger partial charge in [-0.2, -0.15) is 0 Å². The van der Waals surface area contributed by atoms with E-state index in [1.165, 1.54) is 7.11 Å². The topological polar surface area (TPSA) is 77.2 Å². The molecule has 0 unspecified atom stereocenters. The van der Waals surface area contributed by atoms with Crippen LogP contribution in [0, 0.1) is 0 Å². The van der Waals surface area contributed by atoms with E-state index in [4.69, 9.17) is 20.8 Å². The van der Waals surface area contributed by atoms with E-state index in [1.54, 1.807) is 18.2 Å². The van der Waals surface area contributed by atoms with Crippen molar-refractivity contribution in [1.82, 2.24) is 10.2 Å². The van der Waals surface area contributed by atoms with E-state index in [9.17, 15) is 4.79 Å². The molecule has 0 radical (unpaired) electrons. The van der Waals surface area contributed by atoms with Gasteiger partial charge in [-0.15, -0.1) is 10.2 Å². The molecular formula is C18H16ClN3O3. The van der Waals surface area contributed by atoms with Crippen molar-refractivity contribution in [2.45, 2.75) is 12.8 Å². The standard InChI is InChI=1S/C18H16ClN3O3/c1-24-15-8-7-13(11-14(15)19)20-16(23)9-10-17-21-22-18(25-17)12-5-3-2-4-6-12/h2-8,11H,9-10H2,1H3,(H,20,23). The molecule has 0 aliphatic heterocycles. The van der Waals surface area contributed by atoms with Crippen LogP contribution in [0.5, 0.6) is 5.75 Å². The summed E-state index contributed by atoms with van der Waals surface area (Å²) in [6.07, 6.45) is 0.579. The zero-order chi connectivity index (χ0) is 17.6. The molecule has 0 saturated heterocycles. The summed E-state index contributed by atoms with van der Waals surface area (Å²) in [7, 11) is 1.54. The third-order valence-electron chi connectivity index (χ3n) is 3.49. The number of aryl methyl sites for hydroxylation is 1. The first kappa shape index (κ1) is 17.0. The van der Waals surface area contributed by atoms with E-state index >= 15 is 0 Å². The molecule has 128 valence electrons. The number of rotatable bonds is 6. The first-order chi connectivity index (χ1) is 12.2. The van der Waals surface area contributed by atoms with Gasteiger partial charge in [-0.3, -0.25) is 4.79 Å². The molecule has 0 aliphatic carbocycles. The molecule has 1 heterocycles. The summed E-state index contributed by atoms with van der Waals surface area (Å²) in [6.45, 7) is 0. The van der Waals surface area contributed by atoms with Crippen molar-refractivity contribution in [2.75, 3.05) is 12.4 Å². The number of amides is 1. The number of methoxy groups -OCH3 is 1. The van der Waals surface area contributed by atoms with E-state index in [1.807, 2.05) is 30.3 Å². The van der Waals surface area contributed by atoms with Gasteiger partial charge in [0.05, 0.1) is 12.1 Å². The Morgan fingerprint density at radius 2 is 2.00 bits per heavy atom. The third-order valence-corrected chi connectivity index (χ3v) is 3.78. The number of nitrogens with one attached hydrogen (secondary N) is 1. The zero-order valence-corrected chi connectivity index (χ0v) is 14.3. The summed E-state index contributed by atoms with van der Waals surface area (Å²) >= 11 is 6.04. The summed E-state index contributed by atoms with van der Waals surface area (Å²) in [5.74, 6) is 1.25. The Morgan fingerprint density at radius 1 is 1.20 bits per heavy atom. The minimum absolute atomic E-state index is 0.166. The fraction of sp³-hybridized carbons (Fsp3) is 0.167. The number of anilines is 1. The second kappa shape index (κ2) is 7.81. The highest BCUT2D eigenvalue weighted by atomic mass is 35.5. The van der Waals surface area contributed by atoms with Crippen molar-refractivity contribution in [2.24, 2.45) is 0 Å². The van der Waals surface area contributed by atoms with Gasteiger partial charge in [0.15, 0.2) is 0 Å². The minimum Gasteiger partial charge on any atom is -0.495 e. The number of benzene rings is 2. The van der Waals surface area contributed by atoms with Crippen LogP contribution in [0.4, 0.5) is 5.69 Å². The highest BCUT2D eigenvalue weighted by Gasteiger charge is 2.11. The Labute approximate surface area is 149 Å². The number of hydrogen-bond acceptors (Lipinski definition) is 5. The first-order valence-electron chi connectivity index (χ1n) is 7.67. The fourth-order valence-electron chi connectivity index (χ4n) is 2.24. The molecule has 0 fully saturated rings. The smallest absolute Gasteiger partial charge is 0.247 e. The Morgan fingerprint density at radius 3 is 2.72 bits per heavy atom. The van der Waals surface area contributed by atoms with Gasteiger partial charge < -0.3 is 14.5 Å². The van der Waals surface area contributed by atoms with E-state index in [0.717, 1.165) is 5.56 Å². The molecule has 25 heavy (non-hydrogen) atoms. The molecule has 1 N–H and O–H groups in total. The molecular weight excluding hydrogens is 342 g/mol. The Kier molecular flexibility index (Phi) is 5.30.